The Morgan fingerprint density at radius 2 is 1.92 bits per heavy atom. The van der Waals surface area contributed by atoms with Gasteiger partial charge in [0.25, 0.3) is 0 Å². The van der Waals surface area contributed by atoms with Gasteiger partial charge >= 0.3 is 5.97 Å². The number of allylic oxidation sites excluding steroid dienone is 2. The zero-order chi connectivity index (χ0) is 17.8. The Hall–Kier alpha value is -1.09. The van der Waals surface area contributed by atoms with Gasteiger partial charge in [0, 0.05) is 11.0 Å². The highest BCUT2D eigenvalue weighted by atomic mass is 16.5. The van der Waals surface area contributed by atoms with Gasteiger partial charge in [0.15, 0.2) is 0 Å². The van der Waals surface area contributed by atoms with Gasteiger partial charge in [-0.05, 0) is 75.0 Å². The molecule has 0 saturated heterocycles. The van der Waals surface area contributed by atoms with Crippen molar-refractivity contribution in [3.63, 3.8) is 0 Å². The summed E-state index contributed by atoms with van der Waals surface area (Å²) < 4.78 is 5.35. The molecule has 2 saturated carbocycles. The Bertz CT molecular complexity index is 633. The van der Waals surface area contributed by atoms with Crippen molar-refractivity contribution in [1.29, 1.82) is 0 Å². The Morgan fingerprint density at radius 1 is 1.16 bits per heavy atom. The van der Waals surface area contributed by atoms with Crippen LogP contribution in [0.5, 0.6) is 0 Å². The van der Waals surface area contributed by atoms with Gasteiger partial charge in [-0.25, -0.2) is 4.79 Å². The molecule has 0 aliphatic heterocycles. The maximum atomic E-state index is 12.5. The van der Waals surface area contributed by atoms with Crippen LogP contribution in [0, 0.1) is 28.6 Å². The lowest BCUT2D eigenvalue weighted by Gasteiger charge is -2.57. The lowest BCUT2D eigenvalue weighted by Crippen LogP contribution is -2.50. The third-order valence-electron chi connectivity index (χ3n) is 8.15. The van der Waals surface area contributed by atoms with Crippen molar-refractivity contribution >= 4 is 5.97 Å². The molecule has 3 heteroatoms. The molecule has 2 fully saturated rings. The molecule has 4 rings (SSSR count). The summed E-state index contributed by atoms with van der Waals surface area (Å²) in [4.78, 5) is 12.5. The molecule has 0 heterocycles. The first-order valence-corrected chi connectivity index (χ1v) is 10.2. The minimum atomic E-state index is -0.145. The molecule has 0 spiro atoms. The first kappa shape index (κ1) is 17.3. The number of carbonyl (C=O) groups is 1. The van der Waals surface area contributed by atoms with Crippen molar-refractivity contribution in [2.45, 2.75) is 71.8 Å². The predicted molar refractivity (Wildman–Crippen MR) is 97.8 cm³/mol. The summed E-state index contributed by atoms with van der Waals surface area (Å²) >= 11 is 0. The normalized spacial score (nSPS) is 45.6. The van der Waals surface area contributed by atoms with Gasteiger partial charge in [0.1, 0.15) is 0 Å². The zero-order valence-corrected chi connectivity index (χ0v) is 15.9. The number of hydrogen-bond donors (Lipinski definition) is 1. The molecule has 4 aliphatic carbocycles. The molecular formula is C22H32O3. The third kappa shape index (κ3) is 2.45. The smallest absolute Gasteiger partial charge is 0.334 e. The van der Waals surface area contributed by atoms with Gasteiger partial charge in [-0.15, -0.1) is 0 Å². The standard InChI is InChI=1S/C22H32O3/c1-4-25-20(24)19-8-7-17-16-6-5-14-13-15(23)9-11-21(14,2)18(16)10-12-22(17,19)3/h5,8,15-18,23H,4,6-7,9-13H2,1-3H3/t15-,16-,17-,18-,21-,22-/m0/s1. The van der Waals surface area contributed by atoms with Crippen LogP contribution in [0.25, 0.3) is 0 Å². The third-order valence-corrected chi connectivity index (χ3v) is 8.15. The van der Waals surface area contributed by atoms with Crippen LogP contribution in [0.4, 0.5) is 0 Å². The van der Waals surface area contributed by atoms with E-state index < -0.39 is 0 Å². The van der Waals surface area contributed by atoms with Gasteiger partial charge in [-0.2, -0.15) is 0 Å². The predicted octanol–water partition coefficient (Wildman–Crippen LogP) is 4.41. The van der Waals surface area contributed by atoms with Crippen molar-refractivity contribution in [3.05, 3.63) is 23.3 Å². The van der Waals surface area contributed by atoms with E-state index in [4.69, 9.17) is 4.74 Å². The second-order valence-corrected chi connectivity index (χ2v) is 9.19. The number of hydrogen-bond acceptors (Lipinski definition) is 3. The fourth-order valence-corrected chi connectivity index (χ4v) is 6.73. The fraction of sp³-hybridized carbons (Fsp3) is 0.773. The number of aliphatic hydroxyl groups is 1. The fourth-order valence-electron chi connectivity index (χ4n) is 6.73. The largest absolute Gasteiger partial charge is 0.463 e. The summed E-state index contributed by atoms with van der Waals surface area (Å²) in [5.41, 5.74) is 2.70. The van der Waals surface area contributed by atoms with Crippen LogP contribution in [-0.2, 0) is 9.53 Å². The highest BCUT2D eigenvalue weighted by Gasteiger charge is 2.57. The number of carbonyl (C=O) groups excluding carboxylic acids is 1. The molecule has 0 unspecified atom stereocenters. The van der Waals surface area contributed by atoms with Gasteiger partial charge in [-0.3, -0.25) is 0 Å². The van der Waals surface area contributed by atoms with E-state index in [9.17, 15) is 9.90 Å². The molecule has 0 radical (unpaired) electrons. The summed E-state index contributed by atoms with van der Waals surface area (Å²) in [6.45, 7) is 7.08. The highest BCUT2D eigenvalue weighted by Crippen LogP contribution is 2.64. The number of fused-ring (bicyclic) bond motifs is 5. The van der Waals surface area contributed by atoms with Gasteiger partial charge in [0.2, 0.25) is 0 Å². The minimum Gasteiger partial charge on any atom is -0.463 e. The Labute approximate surface area is 151 Å². The quantitative estimate of drug-likeness (QED) is 0.596. The highest BCUT2D eigenvalue weighted by molar-refractivity contribution is 5.90. The Morgan fingerprint density at radius 3 is 2.68 bits per heavy atom. The lowest BCUT2D eigenvalue weighted by molar-refractivity contribution is -0.141. The molecule has 6 atom stereocenters. The van der Waals surface area contributed by atoms with E-state index in [0.717, 1.165) is 44.1 Å². The van der Waals surface area contributed by atoms with Crippen LogP contribution < -0.4 is 0 Å². The van der Waals surface area contributed by atoms with Gasteiger partial charge < -0.3 is 9.84 Å². The van der Waals surface area contributed by atoms with E-state index >= 15 is 0 Å². The maximum Gasteiger partial charge on any atom is 0.334 e. The van der Waals surface area contributed by atoms with Crippen LogP contribution in [0.3, 0.4) is 0 Å². The minimum absolute atomic E-state index is 0.0106. The van der Waals surface area contributed by atoms with Crippen molar-refractivity contribution in [3.8, 4) is 0 Å². The van der Waals surface area contributed by atoms with Crippen LogP contribution in [0.2, 0.25) is 0 Å². The molecule has 0 aromatic heterocycles. The topological polar surface area (TPSA) is 46.5 Å². The molecule has 0 amide bonds. The summed E-state index contributed by atoms with van der Waals surface area (Å²) in [5, 5.41) is 10.1. The number of aliphatic hydroxyl groups excluding tert-OH is 1. The van der Waals surface area contributed by atoms with E-state index in [2.05, 4.69) is 26.0 Å². The molecule has 0 aromatic rings. The molecule has 138 valence electrons. The van der Waals surface area contributed by atoms with E-state index in [1.54, 1.807) is 0 Å². The Balaban J connectivity index is 1.62. The molecule has 1 N–H and O–H groups in total. The molecule has 25 heavy (non-hydrogen) atoms. The van der Waals surface area contributed by atoms with Crippen molar-refractivity contribution in [2.24, 2.45) is 28.6 Å². The van der Waals surface area contributed by atoms with E-state index in [-0.39, 0.29) is 22.9 Å². The second-order valence-electron chi connectivity index (χ2n) is 9.19. The number of esters is 1. The van der Waals surface area contributed by atoms with Gasteiger partial charge in [-0.1, -0.05) is 31.6 Å². The summed E-state index contributed by atoms with van der Waals surface area (Å²) in [7, 11) is 0. The summed E-state index contributed by atoms with van der Waals surface area (Å²) in [5.74, 6) is 1.83. The lowest BCUT2D eigenvalue weighted by atomic mass is 9.47. The molecule has 0 bridgehead atoms. The van der Waals surface area contributed by atoms with Gasteiger partial charge in [0.05, 0.1) is 12.7 Å². The first-order valence-electron chi connectivity index (χ1n) is 10.2. The molecular weight excluding hydrogens is 312 g/mol. The van der Waals surface area contributed by atoms with Crippen molar-refractivity contribution in [2.75, 3.05) is 6.61 Å². The second kappa shape index (κ2) is 5.97. The number of rotatable bonds is 2. The van der Waals surface area contributed by atoms with E-state index in [0.29, 0.717) is 24.4 Å². The van der Waals surface area contributed by atoms with Crippen molar-refractivity contribution < 1.29 is 14.6 Å². The maximum absolute atomic E-state index is 12.5. The number of ether oxygens (including phenoxy) is 1. The van der Waals surface area contributed by atoms with E-state index in [1.165, 1.54) is 12.0 Å². The molecule has 0 aromatic carbocycles. The monoisotopic (exact) mass is 344 g/mol. The SMILES string of the molecule is CCOC(=O)C1=CC[C@H]2[C@@H]3CC=C4C[C@@H](O)CC[C@]4(C)[C@H]3CC[C@]12C. The van der Waals surface area contributed by atoms with Crippen LogP contribution >= 0.6 is 0 Å². The van der Waals surface area contributed by atoms with Crippen LogP contribution in [-0.4, -0.2) is 23.8 Å². The summed E-state index contributed by atoms with van der Waals surface area (Å²) in [6.07, 6.45) is 11.8. The van der Waals surface area contributed by atoms with Crippen molar-refractivity contribution in [1.82, 2.24) is 0 Å². The first-order chi connectivity index (χ1) is 11.9. The molecule has 3 nitrogen and oxygen atoms in total. The average Bonchev–Trinajstić information content (AvgIpc) is 2.93. The molecule has 4 aliphatic rings. The summed E-state index contributed by atoms with van der Waals surface area (Å²) in [6, 6.07) is 0. The van der Waals surface area contributed by atoms with E-state index in [1.807, 2.05) is 6.92 Å². The van der Waals surface area contributed by atoms with Crippen LogP contribution in [0.15, 0.2) is 23.3 Å². The zero-order valence-electron chi connectivity index (χ0n) is 15.9. The van der Waals surface area contributed by atoms with Crippen LogP contribution in [0.1, 0.15) is 65.7 Å². The average molecular weight is 344 g/mol. The Kier molecular flexibility index (Phi) is 4.14.